The fourth-order valence-electron chi connectivity index (χ4n) is 5.10. The smallest absolute Gasteiger partial charge is 0.244 e. The van der Waals surface area contributed by atoms with E-state index < -0.39 is 26.0 Å². The molecule has 1 N–H and O–H groups in total. The predicted octanol–water partition coefficient (Wildman–Crippen LogP) is 4.21. The first-order valence-corrected chi connectivity index (χ1v) is 16.3. The first-order chi connectivity index (χ1) is 18.9. The molecule has 8 nitrogen and oxygen atoms in total. The van der Waals surface area contributed by atoms with Crippen LogP contribution in [0.5, 0.6) is 0 Å². The second kappa shape index (κ2) is 12.2. The van der Waals surface area contributed by atoms with Gasteiger partial charge in [-0.15, -0.1) is 0 Å². The Hall–Kier alpha value is -3.05. The molecule has 214 valence electrons. The second-order valence-electron chi connectivity index (χ2n) is 10.5. The van der Waals surface area contributed by atoms with Crippen molar-refractivity contribution >= 4 is 26.0 Å². The van der Waals surface area contributed by atoms with Crippen LogP contribution in [0.1, 0.15) is 46.2 Å². The van der Waals surface area contributed by atoms with Gasteiger partial charge in [-0.2, -0.15) is 8.61 Å². The number of hydrogen-bond donors (Lipinski definition) is 1. The highest BCUT2D eigenvalue weighted by molar-refractivity contribution is 7.89. The molecule has 1 heterocycles. The van der Waals surface area contributed by atoms with E-state index in [0.717, 1.165) is 29.5 Å². The van der Waals surface area contributed by atoms with E-state index in [0.29, 0.717) is 29.8 Å². The van der Waals surface area contributed by atoms with Gasteiger partial charge in [0.25, 0.3) is 0 Å². The molecule has 0 unspecified atom stereocenters. The SMILES string of the molecule is Cc1ccc(CN(CC(=O)NCc2ccc(S(=O)(=O)N3CCCC3)cc2)S(=O)(=O)c2c(C)cc(C)cc2C)cc1. The van der Waals surface area contributed by atoms with Crippen molar-refractivity contribution in [2.24, 2.45) is 0 Å². The lowest BCUT2D eigenvalue weighted by molar-refractivity contribution is -0.121. The summed E-state index contributed by atoms with van der Waals surface area (Å²) in [5.41, 5.74) is 4.79. The average Bonchev–Trinajstić information content (AvgIpc) is 3.44. The van der Waals surface area contributed by atoms with Gasteiger partial charge in [0.05, 0.1) is 16.3 Å². The number of aryl methyl sites for hydroxylation is 4. The van der Waals surface area contributed by atoms with Crippen LogP contribution in [0.2, 0.25) is 0 Å². The molecule has 0 saturated carbocycles. The van der Waals surface area contributed by atoms with E-state index >= 15 is 0 Å². The van der Waals surface area contributed by atoms with Crippen LogP contribution in [-0.2, 0) is 37.9 Å². The van der Waals surface area contributed by atoms with Crippen molar-refractivity contribution in [3.05, 3.63) is 94.0 Å². The van der Waals surface area contributed by atoms with Gasteiger partial charge in [0.2, 0.25) is 26.0 Å². The summed E-state index contributed by atoms with van der Waals surface area (Å²) < 4.78 is 56.0. The minimum absolute atomic E-state index is 0.0475. The van der Waals surface area contributed by atoms with E-state index in [1.165, 1.54) is 8.61 Å². The van der Waals surface area contributed by atoms with Gasteiger partial charge < -0.3 is 5.32 Å². The highest BCUT2D eigenvalue weighted by Crippen LogP contribution is 2.27. The Kier molecular flexibility index (Phi) is 9.14. The zero-order valence-electron chi connectivity index (χ0n) is 23.5. The maximum absolute atomic E-state index is 13.9. The maximum atomic E-state index is 13.9. The molecule has 0 bridgehead atoms. The van der Waals surface area contributed by atoms with Gasteiger partial charge >= 0.3 is 0 Å². The topological polar surface area (TPSA) is 104 Å². The van der Waals surface area contributed by atoms with Gasteiger partial charge in [-0.05, 0) is 74.9 Å². The minimum Gasteiger partial charge on any atom is -0.351 e. The summed E-state index contributed by atoms with van der Waals surface area (Å²) in [4.78, 5) is 13.5. The van der Waals surface area contributed by atoms with Crippen LogP contribution < -0.4 is 5.32 Å². The molecule has 1 amide bonds. The normalized spacial score (nSPS) is 14.5. The first kappa shape index (κ1) is 29.9. The molecule has 0 aliphatic carbocycles. The molecule has 1 aliphatic rings. The molecular weight excluding hydrogens is 546 g/mol. The lowest BCUT2D eigenvalue weighted by atomic mass is 10.1. The van der Waals surface area contributed by atoms with Crippen molar-refractivity contribution in [3.8, 4) is 0 Å². The third-order valence-corrected chi connectivity index (χ3v) is 11.1. The van der Waals surface area contributed by atoms with E-state index in [1.807, 2.05) is 50.2 Å². The summed E-state index contributed by atoms with van der Waals surface area (Å²) in [5, 5.41) is 2.79. The Morgan fingerprint density at radius 2 is 1.35 bits per heavy atom. The predicted molar refractivity (Wildman–Crippen MR) is 156 cm³/mol. The van der Waals surface area contributed by atoms with Gasteiger partial charge in [-0.1, -0.05) is 59.7 Å². The Labute approximate surface area is 238 Å². The van der Waals surface area contributed by atoms with Crippen LogP contribution in [0.4, 0.5) is 0 Å². The monoisotopic (exact) mass is 583 g/mol. The number of hydrogen-bond acceptors (Lipinski definition) is 5. The van der Waals surface area contributed by atoms with E-state index in [-0.39, 0.29) is 29.4 Å². The highest BCUT2D eigenvalue weighted by atomic mass is 32.2. The summed E-state index contributed by atoms with van der Waals surface area (Å²) in [7, 11) is -7.51. The molecule has 3 aromatic rings. The van der Waals surface area contributed by atoms with E-state index in [9.17, 15) is 21.6 Å². The molecule has 1 fully saturated rings. The Morgan fingerprint density at radius 3 is 1.93 bits per heavy atom. The van der Waals surface area contributed by atoms with Gasteiger partial charge in [0, 0.05) is 26.2 Å². The Balaban J connectivity index is 1.50. The summed E-state index contributed by atoms with van der Waals surface area (Å²) >= 11 is 0. The molecule has 0 radical (unpaired) electrons. The summed E-state index contributed by atoms with van der Waals surface area (Å²) in [6, 6.07) is 17.6. The van der Waals surface area contributed by atoms with Crippen molar-refractivity contribution in [3.63, 3.8) is 0 Å². The largest absolute Gasteiger partial charge is 0.351 e. The number of rotatable bonds is 10. The Bertz CT molecular complexity index is 1550. The number of carbonyl (C=O) groups excluding carboxylic acids is 1. The molecule has 10 heteroatoms. The third kappa shape index (κ3) is 6.80. The lowest BCUT2D eigenvalue weighted by Crippen LogP contribution is -2.40. The van der Waals surface area contributed by atoms with Crippen LogP contribution in [0, 0.1) is 27.7 Å². The summed E-state index contributed by atoms with van der Waals surface area (Å²) in [6.07, 6.45) is 1.73. The number of sulfonamides is 2. The standard InChI is InChI=1S/C30H37N3O5S2/c1-22-7-9-27(10-8-22)20-33(40(37,38)30-24(3)17-23(2)18-25(30)4)21-29(34)31-19-26-11-13-28(14-12-26)39(35,36)32-15-5-6-16-32/h7-14,17-18H,5-6,15-16,19-21H2,1-4H3,(H,31,34). The van der Waals surface area contributed by atoms with Gasteiger partial charge in [-0.3, -0.25) is 4.79 Å². The van der Waals surface area contributed by atoms with Crippen molar-refractivity contribution in [1.82, 2.24) is 13.9 Å². The van der Waals surface area contributed by atoms with E-state index in [4.69, 9.17) is 0 Å². The fourth-order valence-corrected chi connectivity index (χ4v) is 8.41. The average molecular weight is 584 g/mol. The molecule has 40 heavy (non-hydrogen) atoms. The van der Waals surface area contributed by atoms with Crippen molar-refractivity contribution in [2.75, 3.05) is 19.6 Å². The van der Waals surface area contributed by atoms with E-state index in [2.05, 4.69) is 5.32 Å². The van der Waals surface area contributed by atoms with Crippen LogP contribution in [0.15, 0.2) is 70.5 Å². The van der Waals surface area contributed by atoms with Crippen LogP contribution in [0.25, 0.3) is 0 Å². The number of nitrogens with one attached hydrogen (secondary N) is 1. The van der Waals surface area contributed by atoms with E-state index in [1.54, 1.807) is 38.1 Å². The molecule has 1 aliphatic heterocycles. The second-order valence-corrected chi connectivity index (χ2v) is 14.3. The fraction of sp³-hybridized carbons (Fsp3) is 0.367. The molecule has 0 aromatic heterocycles. The number of benzene rings is 3. The van der Waals surface area contributed by atoms with Crippen LogP contribution in [0.3, 0.4) is 0 Å². The summed E-state index contributed by atoms with van der Waals surface area (Å²) in [6.45, 7) is 8.31. The minimum atomic E-state index is -3.99. The molecule has 3 aromatic carbocycles. The van der Waals surface area contributed by atoms with Crippen molar-refractivity contribution in [2.45, 2.75) is 63.4 Å². The summed E-state index contributed by atoms with van der Waals surface area (Å²) in [5.74, 6) is -0.452. The maximum Gasteiger partial charge on any atom is 0.244 e. The number of nitrogens with zero attached hydrogens (tertiary/aromatic N) is 2. The molecule has 0 spiro atoms. The Morgan fingerprint density at radius 1 is 0.800 bits per heavy atom. The molecule has 1 saturated heterocycles. The van der Waals surface area contributed by atoms with Crippen molar-refractivity contribution in [1.29, 1.82) is 0 Å². The first-order valence-electron chi connectivity index (χ1n) is 13.4. The van der Waals surface area contributed by atoms with Crippen LogP contribution >= 0.6 is 0 Å². The van der Waals surface area contributed by atoms with Gasteiger partial charge in [-0.25, -0.2) is 16.8 Å². The van der Waals surface area contributed by atoms with Gasteiger partial charge in [0.1, 0.15) is 0 Å². The third-order valence-electron chi connectivity index (χ3n) is 7.12. The quantitative estimate of drug-likeness (QED) is 0.385. The van der Waals surface area contributed by atoms with Crippen LogP contribution in [-0.4, -0.2) is 51.0 Å². The van der Waals surface area contributed by atoms with Crippen molar-refractivity contribution < 1.29 is 21.6 Å². The molecule has 4 rings (SSSR count). The van der Waals surface area contributed by atoms with Gasteiger partial charge in [0.15, 0.2) is 0 Å². The zero-order chi connectivity index (χ0) is 29.1. The molecular formula is C30H37N3O5S2. The number of amides is 1. The number of carbonyl (C=O) groups is 1. The lowest BCUT2D eigenvalue weighted by Gasteiger charge is -2.24. The highest BCUT2D eigenvalue weighted by Gasteiger charge is 2.30. The molecule has 0 atom stereocenters. The zero-order valence-corrected chi connectivity index (χ0v) is 25.1.